The van der Waals surface area contributed by atoms with Crippen LogP contribution in [0.3, 0.4) is 0 Å². The average molecular weight is 323 g/mol. The molecule has 1 aromatic carbocycles. The largest absolute Gasteiger partial charge is 0.330 e. The summed E-state index contributed by atoms with van der Waals surface area (Å²) in [5.41, 5.74) is 5.50. The zero-order valence-corrected chi connectivity index (χ0v) is 11.5. The molecule has 1 aliphatic rings. The zero-order chi connectivity index (χ0) is 13.4. The Labute approximate surface area is 112 Å². The van der Waals surface area contributed by atoms with Crippen molar-refractivity contribution in [3.63, 3.8) is 0 Å². The summed E-state index contributed by atoms with van der Waals surface area (Å²) in [5, 5.41) is 0. The number of nitrogens with two attached hydrogens (primary N) is 1. The number of rotatable bonds is 2. The molecule has 2 N–H and O–H groups in total. The van der Waals surface area contributed by atoms with Crippen molar-refractivity contribution >= 4 is 15.9 Å². The minimum Gasteiger partial charge on any atom is -0.330 e. The summed E-state index contributed by atoms with van der Waals surface area (Å²) in [6, 6.07) is 0.321. The molecule has 0 radical (unpaired) electrons. The summed E-state index contributed by atoms with van der Waals surface area (Å²) >= 11 is 2.80. The normalized spacial score (nSPS) is 24.8. The molecule has 0 aromatic heterocycles. The van der Waals surface area contributed by atoms with Crippen molar-refractivity contribution in [3.8, 4) is 0 Å². The maximum absolute atomic E-state index is 14.0. The van der Waals surface area contributed by atoms with Crippen molar-refractivity contribution in [2.24, 2.45) is 11.7 Å². The van der Waals surface area contributed by atoms with Gasteiger partial charge in [0.05, 0.1) is 4.47 Å². The van der Waals surface area contributed by atoms with Crippen molar-refractivity contribution < 1.29 is 13.2 Å². The van der Waals surface area contributed by atoms with Crippen LogP contribution in [0.4, 0.5) is 13.2 Å². The van der Waals surface area contributed by atoms with Crippen molar-refractivity contribution in [3.05, 3.63) is 33.6 Å². The molecule has 2 atom stereocenters. The van der Waals surface area contributed by atoms with Crippen LogP contribution in [0.1, 0.15) is 18.0 Å². The number of benzene rings is 1. The fraction of sp³-hybridized carbons (Fsp3) is 0.500. The lowest BCUT2D eigenvalue weighted by Crippen LogP contribution is -2.22. The first-order valence-corrected chi connectivity index (χ1v) is 6.48. The second-order valence-corrected chi connectivity index (χ2v) is 5.47. The summed E-state index contributed by atoms with van der Waals surface area (Å²) in [5.74, 6) is -2.42. The van der Waals surface area contributed by atoms with Gasteiger partial charge in [-0.3, -0.25) is 4.90 Å². The summed E-state index contributed by atoms with van der Waals surface area (Å²) in [6.45, 7) is 1.17. The van der Waals surface area contributed by atoms with Gasteiger partial charge in [-0.2, -0.15) is 0 Å². The van der Waals surface area contributed by atoms with Gasteiger partial charge in [0.1, 0.15) is 17.5 Å². The maximum Gasteiger partial charge on any atom is 0.148 e. The van der Waals surface area contributed by atoms with Gasteiger partial charge in [-0.25, -0.2) is 13.2 Å². The Hall–Kier alpha value is -0.590. The molecule has 1 fully saturated rings. The third kappa shape index (κ3) is 2.29. The molecule has 6 heteroatoms. The highest BCUT2D eigenvalue weighted by molar-refractivity contribution is 9.10. The van der Waals surface area contributed by atoms with Crippen LogP contribution < -0.4 is 5.73 Å². The molecular weight excluding hydrogens is 309 g/mol. The quantitative estimate of drug-likeness (QED) is 0.670. The maximum atomic E-state index is 14.0. The van der Waals surface area contributed by atoms with Gasteiger partial charge in [0.15, 0.2) is 0 Å². The van der Waals surface area contributed by atoms with Gasteiger partial charge in [-0.15, -0.1) is 0 Å². The van der Waals surface area contributed by atoms with Crippen molar-refractivity contribution in [1.29, 1.82) is 0 Å². The molecule has 1 heterocycles. The van der Waals surface area contributed by atoms with Crippen LogP contribution >= 0.6 is 15.9 Å². The van der Waals surface area contributed by atoms with E-state index in [1.54, 1.807) is 7.05 Å². The molecule has 0 saturated carbocycles. The highest BCUT2D eigenvalue weighted by Crippen LogP contribution is 2.38. The number of hydrogen-bond donors (Lipinski definition) is 1. The van der Waals surface area contributed by atoms with Gasteiger partial charge in [-0.1, -0.05) is 0 Å². The van der Waals surface area contributed by atoms with Crippen LogP contribution in [0.2, 0.25) is 0 Å². The topological polar surface area (TPSA) is 29.3 Å². The van der Waals surface area contributed by atoms with E-state index in [4.69, 9.17) is 5.73 Å². The first-order valence-electron chi connectivity index (χ1n) is 5.68. The molecule has 2 rings (SSSR count). The fourth-order valence-corrected chi connectivity index (χ4v) is 2.83. The number of hydrogen-bond acceptors (Lipinski definition) is 2. The Kier molecular flexibility index (Phi) is 3.99. The minimum absolute atomic E-state index is 0.0817. The summed E-state index contributed by atoms with van der Waals surface area (Å²) in [4.78, 5) is 1.85. The molecule has 2 nitrogen and oxygen atoms in total. The van der Waals surface area contributed by atoms with Gasteiger partial charge in [0, 0.05) is 24.2 Å². The lowest BCUT2D eigenvalue weighted by Gasteiger charge is -2.21. The van der Waals surface area contributed by atoms with E-state index >= 15 is 0 Å². The van der Waals surface area contributed by atoms with E-state index < -0.39 is 23.5 Å². The van der Waals surface area contributed by atoms with Gasteiger partial charge < -0.3 is 5.73 Å². The van der Waals surface area contributed by atoms with Crippen molar-refractivity contribution in [2.75, 3.05) is 20.1 Å². The third-order valence-corrected chi connectivity index (χ3v) is 4.18. The van der Waals surface area contributed by atoms with E-state index in [1.807, 2.05) is 4.90 Å². The van der Waals surface area contributed by atoms with E-state index in [9.17, 15) is 13.2 Å². The molecule has 0 bridgehead atoms. The summed E-state index contributed by atoms with van der Waals surface area (Å²) in [7, 11) is 1.79. The molecule has 2 unspecified atom stereocenters. The van der Waals surface area contributed by atoms with Crippen LogP contribution in [0.25, 0.3) is 0 Å². The Morgan fingerprint density at radius 1 is 1.39 bits per heavy atom. The lowest BCUT2D eigenvalue weighted by atomic mass is 9.99. The molecule has 100 valence electrons. The second-order valence-electron chi connectivity index (χ2n) is 4.67. The average Bonchev–Trinajstić information content (AvgIpc) is 2.68. The third-order valence-electron chi connectivity index (χ3n) is 3.45. The molecule has 0 amide bonds. The number of likely N-dealkylation sites (tertiary alicyclic amines) is 1. The van der Waals surface area contributed by atoms with Crippen molar-refractivity contribution in [1.82, 2.24) is 4.90 Å². The molecule has 0 spiro atoms. The molecule has 18 heavy (non-hydrogen) atoms. The lowest BCUT2D eigenvalue weighted by molar-refractivity contribution is 0.297. The molecule has 0 aliphatic carbocycles. The van der Waals surface area contributed by atoms with E-state index in [2.05, 4.69) is 15.9 Å². The van der Waals surface area contributed by atoms with Gasteiger partial charge in [0.2, 0.25) is 0 Å². The molecule has 1 aromatic rings. The highest BCUT2D eigenvalue weighted by atomic mass is 79.9. The second kappa shape index (κ2) is 5.19. The van der Waals surface area contributed by atoms with Crippen molar-refractivity contribution in [2.45, 2.75) is 12.5 Å². The van der Waals surface area contributed by atoms with E-state index in [0.29, 0.717) is 25.6 Å². The first kappa shape index (κ1) is 13.8. The molecule has 1 saturated heterocycles. The monoisotopic (exact) mass is 322 g/mol. The van der Waals surface area contributed by atoms with Gasteiger partial charge in [-0.05, 0) is 41.9 Å². The fourth-order valence-electron chi connectivity index (χ4n) is 2.50. The standard InChI is InChI=1S/C12H14BrF3N2/c1-18-5-6(4-17)2-9(18)10-7(14)3-8(15)11(13)12(10)16/h3,6,9H,2,4-5,17H2,1H3. The highest BCUT2D eigenvalue weighted by Gasteiger charge is 2.34. The number of halogens is 4. The minimum atomic E-state index is -0.926. The van der Waals surface area contributed by atoms with Crippen LogP contribution in [-0.4, -0.2) is 25.0 Å². The Morgan fingerprint density at radius 2 is 2.06 bits per heavy atom. The predicted molar refractivity (Wildman–Crippen MR) is 66.5 cm³/mol. The van der Waals surface area contributed by atoms with Gasteiger partial charge in [0.25, 0.3) is 0 Å². The molecular formula is C12H14BrF3N2. The van der Waals surface area contributed by atoms with Crippen LogP contribution in [0.5, 0.6) is 0 Å². The van der Waals surface area contributed by atoms with Crippen LogP contribution in [-0.2, 0) is 0 Å². The Balaban J connectivity index is 2.43. The summed E-state index contributed by atoms with van der Waals surface area (Å²) < 4.78 is 40.7. The predicted octanol–water partition coefficient (Wildman–Crippen LogP) is 2.82. The Morgan fingerprint density at radius 3 is 2.61 bits per heavy atom. The van der Waals surface area contributed by atoms with Gasteiger partial charge >= 0.3 is 0 Å². The summed E-state index contributed by atoms with van der Waals surface area (Å²) in [6.07, 6.45) is 0.582. The Bertz CT molecular complexity index is 467. The SMILES string of the molecule is CN1CC(CN)CC1c1c(F)cc(F)c(Br)c1F. The first-order chi connectivity index (χ1) is 8.45. The van der Waals surface area contributed by atoms with E-state index in [0.717, 1.165) is 0 Å². The van der Waals surface area contributed by atoms with E-state index in [-0.39, 0.29) is 16.0 Å². The number of nitrogens with zero attached hydrogens (tertiary/aromatic N) is 1. The van der Waals surface area contributed by atoms with Crippen LogP contribution in [0, 0.1) is 23.4 Å². The van der Waals surface area contributed by atoms with Crippen LogP contribution in [0.15, 0.2) is 10.5 Å². The zero-order valence-electron chi connectivity index (χ0n) is 9.89. The van der Waals surface area contributed by atoms with E-state index in [1.165, 1.54) is 0 Å². The molecule has 1 aliphatic heterocycles. The smallest absolute Gasteiger partial charge is 0.148 e.